The zero-order chi connectivity index (χ0) is 8.85. The molecule has 0 N–H and O–H groups in total. The van der Waals surface area contributed by atoms with Crippen molar-refractivity contribution >= 4 is 5.97 Å². The van der Waals surface area contributed by atoms with E-state index in [0.29, 0.717) is 0 Å². The van der Waals surface area contributed by atoms with Gasteiger partial charge in [0, 0.05) is 11.8 Å². The highest BCUT2D eigenvalue weighted by Crippen LogP contribution is 1.97. The first-order valence-corrected chi connectivity index (χ1v) is 3.37. The van der Waals surface area contributed by atoms with Gasteiger partial charge in [-0.1, -0.05) is 0 Å². The normalized spacial score (nSPS) is 12.2. The quantitative estimate of drug-likeness (QED) is 0.344. The van der Waals surface area contributed by atoms with Crippen LogP contribution in [0.5, 0.6) is 0 Å². The molecule has 0 radical (unpaired) electrons. The predicted molar refractivity (Wildman–Crippen MR) is 37.7 cm³/mol. The smallest absolute Gasteiger partial charge is 0.312 e. The second-order valence-electron chi connectivity index (χ2n) is 2.14. The van der Waals surface area contributed by atoms with Crippen LogP contribution in [-0.2, 0) is 9.53 Å². The van der Waals surface area contributed by atoms with Gasteiger partial charge in [-0.3, -0.25) is 14.9 Å². The number of nitrogens with zero attached hydrogens (tertiary/aromatic N) is 1. The molecule has 5 heteroatoms. The Kier molecular flexibility index (Phi) is 4.17. The van der Waals surface area contributed by atoms with Gasteiger partial charge in [-0.25, -0.2) is 0 Å². The van der Waals surface area contributed by atoms with Gasteiger partial charge in [-0.2, -0.15) is 0 Å². The Morgan fingerprint density at radius 3 is 2.64 bits per heavy atom. The second-order valence-corrected chi connectivity index (χ2v) is 2.14. The SMILES string of the molecule is CCOC(=O)CC(C)[N+](=O)[O-]. The summed E-state index contributed by atoms with van der Waals surface area (Å²) in [4.78, 5) is 20.2. The van der Waals surface area contributed by atoms with Gasteiger partial charge < -0.3 is 4.74 Å². The van der Waals surface area contributed by atoms with E-state index < -0.39 is 16.9 Å². The Hall–Kier alpha value is -1.13. The van der Waals surface area contributed by atoms with Crippen molar-refractivity contribution < 1.29 is 14.5 Å². The van der Waals surface area contributed by atoms with Crippen molar-refractivity contribution in [1.82, 2.24) is 0 Å². The lowest BCUT2D eigenvalue weighted by molar-refractivity contribution is -0.517. The summed E-state index contributed by atoms with van der Waals surface area (Å²) in [6.45, 7) is 3.30. The van der Waals surface area contributed by atoms with Crippen molar-refractivity contribution in [1.29, 1.82) is 0 Å². The van der Waals surface area contributed by atoms with Crippen LogP contribution >= 0.6 is 0 Å². The van der Waals surface area contributed by atoms with Gasteiger partial charge in [0.15, 0.2) is 0 Å². The Labute approximate surface area is 64.5 Å². The summed E-state index contributed by atoms with van der Waals surface area (Å²) in [5.74, 6) is -0.517. The van der Waals surface area contributed by atoms with Crippen molar-refractivity contribution in [3.05, 3.63) is 10.1 Å². The zero-order valence-electron chi connectivity index (χ0n) is 6.57. The van der Waals surface area contributed by atoms with Gasteiger partial charge in [0.2, 0.25) is 6.04 Å². The molecule has 0 aromatic heterocycles. The third-order valence-corrected chi connectivity index (χ3v) is 1.13. The van der Waals surface area contributed by atoms with Crippen LogP contribution in [0.15, 0.2) is 0 Å². The minimum atomic E-state index is -0.853. The van der Waals surface area contributed by atoms with E-state index in [0.717, 1.165) is 0 Å². The van der Waals surface area contributed by atoms with E-state index in [1.54, 1.807) is 6.92 Å². The van der Waals surface area contributed by atoms with Crippen LogP contribution < -0.4 is 0 Å². The van der Waals surface area contributed by atoms with Crippen molar-refractivity contribution in [2.45, 2.75) is 26.3 Å². The molecule has 0 aliphatic heterocycles. The van der Waals surface area contributed by atoms with E-state index in [1.807, 2.05) is 0 Å². The van der Waals surface area contributed by atoms with E-state index in [4.69, 9.17) is 0 Å². The van der Waals surface area contributed by atoms with Gasteiger partial charge in [0.25, 0.3) is 0 Å². The molecule has 0 saturated heterocycles. The van der Waals surface area contributed by atoms with Crippen LogP contribution in [0, 0.1) is 10.1 Å². The Morgan fingerprint density at radius 2 is 2.27 bits per heavy atom. The Balaban J connectivity index is 3.66. The fraction of sp³-hybridized carbons (Fsp3) is 0.833. The highest BCUT2D eigenvalue weighted by molar-refractivity contribution is 5.69. The average molecular weight is 161 g/mol. The molecule has 0 fully saturated rings. The van der Waals surface area contributed by atoms with Gasteiger partial charge in [-0.05, 0) is 6.92 Å². The number of ether oxygens (including phenoxy) is 1. The third kappa shape index (κ3) is 4.30. The highest BCUT2D eigenvalue weighted by Gasteiger charge is 2.18. The largest absolute Gasteiger partial charge is 0.466 e. The lowest BCUT2D eigenvalue weighted by atomic mass is 10.2. The first kappa shape index (κ1) is 9.87. The summed E-state index contributed by atoms with van der Waals surface area (Å²) in [5.41, 5.74) is 0. The van der Waals surface area contributed by atoms with E-state index >= 15 is 0 Å². The molecular weight excluding hydrogens is 150 g/mol. The van der Waals surface area contributed by atoms with E-state index in [-0.39, 0.29) is 13.0 Å². The summed E-state index contributed by atoms with van der Waals surface area (Å²) in [6.07, 6.45) is -0.152. The molecule has 0 aromatic rings. The average Bonchev–Trinajstić information content (AvgIpc) is 1.87. The van der Waals surface area contributed by atoms with Crippen molar-refractivity contribution in [3.8, 4) is 0 Å². The molecule has 0 heterocycles. The van der Waals surface area contributed by atoms with Crippen molar-refractivity contribution in [3.63, 3.8) is 0 Å². The van der Waals surface area contributed by atoms with Gasteiger partial charge in [0.1, 0.15) is 6.42 Å². The Bertz CT molecular complexity index is 157. The van der Waals surface area contributed by atoms with Crippen LogP contribution in [0.25, 0.3) is 0 Å². The van der Waals surface area contributed by atoms with E-state index in [1.165, 1.54) is 6.92 Å². The summed E-state index contributed by atoms with van der Waals surface area (Å²) in [5, 5.41) is 10.0. The third-order valence-electron chi connectivity index (χ3n) is 1.13. The molecule has 11 heavy (non-hydrogen) atoms. The van der Waals surface area contributed by atoms with Crippen molar-refractivity contribution in [2.75, 3.05) is 6.61 Å². The summed E-state index contributed by atoms with van der Waals surface area (Å²) in [6, 6.07) is -0.853. The fourth-order valence-corrected chi connectivity index (χ4v) is 0.536. The van der Waals surface area contributed by atoms with Crippen LogP contribution in [0.3, 0.4) is 0 Å². The summed E-state index contributed by atoms with van der Waals surface area (Å²) in [7, 11) is 0. The second kappa shape index (κ2) is 4.65. The van der Waals surface area contributed by atoms with Gasteiger partial charge >= 0.3 is 5.97 Å². The molecule has 0 bridgehead atoms. The van der Waals surface area contributed by atoms with Crippen LogP contribution in [-0.4, -0.2) is 23.5 Å². The molecule has 0 saturated carbocycles. The monoisotopic (exact) mass is 161 g/mol. The number of nitro groups is 1. The van der Waals surface area contributed by atoms with E-state index in [9.17, 15) is 14.9 Å². The van der Waals surface area contributed by atoms with E-state index in [2.05, 4.69) is 4.74 Å². The number of rotatable bonds is 4. The molecule has 0 aromatic carbocycles. The molecular formula is C6H11NO4. The number of hydrogen-bond donors (Lipinski definition) is 0. The summed E-state index contributed by atoms with van der Waals surface area (Å²) < 4.78 is 4.52. The standard InChI is InChI=1S/C6H11NO4/c1-3-11-6(8)4-5(2)7(9)10/h5H,3-4H2,1-2H3. The highest BCUT2D eigenvalue weighted by atomic mass is 16.6. The van der Waals surface area contributed by atoms with Gasteiger partial charge in [0.05, 0.1) is 6.61 Å². The molecule has 1 unspecified atom stereocenters. The van der Waals surface area contributed by atoms with Gasteiger partial charge in [-0.15, -0.1) is 0 Å². The van der Waals surface area contributed by atoms with Crippen LogP contribution in [0.1, 0.15) is 20.3 Å². The lowest BCUT2D eigenvalue weighted by Gasteiger charge is -2.02. The van der Waals surface area contributed by atoms with Crippen LogP contribution in [0.4, 0.5) is 0 Å². The Morgan fingerprint density at radius 1 is 1.73 bits per heavy atom. The molecule has 1 atom stereocenters. The first-order valence-electron chi connectivity index (χ1n) is 3.37. The molecule has 64 valence electrons. The topological polar surface area (TPSA) is 69.4 Å². The van der Waals surface area contributed by atoms with Crippen LogP contribution in [0.2, 0.25) is 0 Å². The molecule has 0 aliphatic carbocycles. The molecule has 0 amide bonds. The number of carbonyl (C=O) groups excluding carboxylic acids is 1. The number of hydrogen-bond acceptors (Lipinski definition) is 4. The first-order chi connectivity index (χ1) is 5.07. The van der Waals surface area contributed by atoms with Crippen molar-refractivity contribution in [2.24, 2.45) is 0 Å². The summed E-state index contributed by atoms with van der Waals surface area (Å²) >= 11 is 0. The molecule has 5 nitrogen and oxygen atoms in total. The number of esters is 1. The predicted octanol–water partition coefficient (Wildman–Crippen LogP) is 0.605. The molecule has 0 spiro atoms. The maximum Gasteiger partial charge on any atom is 0.312 e. The maximum atomic E-state index is 10.6. The minimum Gasteiger partial charge on any atom is -0.466 e. The number of carbonyl (C=O) groups is 1. The minimum absolute atomic E-state index is 0.152. The fourth-order valence-electron chi connectivity index (χ4n) is 0.536. The maximum absolute atomic E-state index is 10.6. The lowest BCUT2D eigenvalue weighted by Crippen LogP contribution is -2.20. The molecule has 0 rings (SSSR count). The molecule has 0 aliphatic rings. The zero-order valence-corrected chi connectivity index (χ0v) is 6.57.